The average Bonchev–Trinajstić information content (AvgIpc) is 2.76. The van der Waals surface area contributed by atoms with Gasteiger partial charge in [0.15, 0.2) is 0 Å². The maximum atomic E-state index is 6.14. The fourth-order valence-electron chi connectivity index (χ4n) is 4.19. The van der Waals surface area contributed by atoms with Crippen LogP contribution in [0.15, 0.2) is 0 Å². The second kappa shape index (κ2) is 4.62. The number of aryl methyl sites for hydroxylation is 1. The van der Waals surface area contributed by atoms with Crippen LogP contribution in [0.3, 0.4) is 0 Å². The maximum absolute atomic E-state index is 6.14. The Labute approximate surface area is 119 Å². The van der Waals surface area contributed by atoms with Crippen LogP contribution >= 0.6 is 11.6 Å². The van der Waals surface area contributed by atoms with Crippen LogP contribution in [-0.4, -0.2) is 23.1 Å². The van der Waals surface area contributed by atoms with Crippen LogP contribution in [0.1, 0.15) is 43.4 Å². The van der Waals surface area contributed by atoms with Crippen LogP contribution < -0.4 is 4.90 Å². The molecule has 2 bridgehead atoms. The highest BCUT2D eigenvalue weighted by molar-refractivity contribution is 6.28. The van der Waals surface area contributed by atoms with Crippen LogP contribution in [0.2, 0.25) is 5.28 Å². The maximum Gasteiger partial charge on any atom is 0.224 e. The van der Waals surface area contributed by atoms with Gasteiger partial charge in [-0.2, -0.15) is 0 Å². The average molecular weight is 278 g/mol. The van der Waals surface area contributed by atoms with Gasteiger partial charge in [0.25, 0.3) is 0 Å². The van der Waals surface area contributed by atoms with E-state index in [4.69, 9.17) is 11.6 Å². The molecule has 2 heterocycles. The molecule has 0 amide bonds. The molecule has 19 heavy (non-hydrogen) atoms. The molecule has 1 aromatic heterocycles. The normalized spacial score (nSPS) is 29.4. The lowest BCUT2D eigenvalue weighted by atomic mass is 9.94. The molecule has 1 saturated carbocycles. The molecule has 4 rings (SSSR count). The van der Waals surface area contributed by atoms with Gasteiger partial charge in [-0.1, -0.05) is 0 Å². The van der Waals surface area contributed by atoms with Crippen LogP contribution in [0, 0.1) is 11.8 Å². The van der Waals surface area contributed by atoms with Crippen molar-refractivity contribution in [2.75, 3.05) is 18.0 Å². The zero-order valence-electron chi connectivity index (χ0n) is 11.2. The Morgan fingerprint density at radius 1 is 1.00 bits per heavy atom. The highest BCUT2D eigenvalue weighted by atomic mass is 35.5. The zero-order chi connectivity index (χ0) is 12.8. The lowest BCUT2D eigenvalue weighted by Gasteiger charge is -2.35. The van der Waals surface area contributed by atoms with Gasteiger partial charge in [0, 0.05) is 18.7 Å². The van der Waals surface area contributed by atoms with Gasteiger partial charge < -0.3 is 4.90 Å². The predicted molar refractivity (Wildman–Crippen MR) is 76.7 cm³/mol. The molecule has 2 unspecified atom stereocenters. The molecule has 102 valence electrons. The van der Waals surface area contributed by atoms with Gasteiger partial charge in [0.05, 0.1) is 5.69 Å². The minimum Gasteiger partial charge on any atom is -0.356 e. The SMILES string of the molecule is Clc1nc2c(c(N3CC4CCC(C4)C3)n1)CCCC2. The summed E-state index contributed by atoms with van der Waals surface area (Å²) in [6.07, 6.45) is 8.96. The van der Waals surface area contributed by atoms with E-state index < -0.39 is 0 Å². The van der Waals surface area contributed by atoms with Gasteiger partial charge in [-0.15, -0.1) is 0 Å². The van der Waals surface area contributed by atoms with Crippen molar-refractivity contribution in [2.45, 2.75) is 44.9 Å². The molecule has 1 saturated heterocycles. The number of rotatable bonds is 1. The molecule has 0 radical (unpaired) electrons. The van der Waals surface area contributed by atoms with Crippen molar-refractivity contribution in [2.24, 2.45) is 11.8 Å². The van der Waals surface area contributed by atoms with Gasteiger partial charge in [0.2, 0.25) is 5.28 Å². The molecule has 1 aromatic rings. The molecule has 3 nitrogen and oxygen atoms in total. The molecule has 0 spiro atoms. The molecule has 2 atom stereocenters. The van der Waals surface area contributed by atoms with Crippen LogP contribution in [-0.2, 0) is 12.8 Å². The van der Waals surface area contributed by atoms with E-state index in [1.807, 2.05) is 0 Å². The Kier molecular flexibility index (Phi) is 2.91. The second-order valence-corrected chi connectivity index (χ2v) is 6.74. The lowest BCUT2D eigenvalue weighted by molar-refractivity contribution is 0.417. The Hall–Kier alpha value is -0.830. The van der Waals surface area contributed by atoms with Gasteiger partial charge in [-0.05, 0) is 68.4 Å². The Morgan fingerprint density at radius 3 is 2.53 bits per heavy atom. The van der Waals surface area contributed by atoms with E-state index in [9.17, 15) is 0 Å². The molecule has 2 aliphatic carbocycles. The van der Waals surface area contributed by atoms with Crippen molar-refractivity contribution in [1.29, 1.82) is 0 Å². The number of nitrogens with zero attached hydrogens (tertiary/aromatic N) is 3. The summed E-state index contributed by atoms with van der Waals surface area (Å²) in [6, 6.07) is 0. The lowest BCUT2D eigenvalue weighted by Crippen LogP contribution is -2.38. The summed E-state index contributed by atoms with van der Waals surface area (Å²) in [4.78, 5) is 11.5. The van der Waals surface area contributed by atoms with Crippen molar-refractivity contribution >= 4 is 17.4 Å². The number of anilines is 1. The quantitative estimate of drug-likeness (QED) is 0.738. The van der Waals surface area contributed by atoms with Crippen LogP contribution in [0.25, 0.3) is 0 Å². The smallest absolute Gasteiger partial charge is 0.224 e. The highest BCUT2D eigenvalue weighted by Crippen LogP contribution is 2.39. The number of hydrogen-bond acceptors (Lipinski definition) is 3. The summed E-state index contributed by atoms with van der Waals surface area (Å²) in [6.45, 7) is 2.35. The number of fused-ring (bicyclic) bond motifs is 3. The van der Waals surface area contributed by atoms with Gasteiger partial charge in [0.1, 0.15) is 5.82 Å². The number of aromatic nitrogens is 2. The minimum atomic E-state index is 0.438. The number of halogens is 1. The van der Waals surface area contributed by atoms with Gasteiger partial charge >= 0.3 is 0 Å². The Morgan fingerprint density at radius 2 is 1.74 bits per heavy atom. The van der Waals surface area contributed by atoms with Gasteiger partial charge in [-0.25, -0.2) is 9.97 Å². The molecule has 2 fully saturated rings. The number of hydrogen-bond donors (Lipinski definition) is 0. The third-order valence-electron chi connectivity index (χ3n) is 5.04. The first-order valence-corrected chi connectivity index (χ1v) is 7.97. The summed E-state index contributed by atoms with van der Waals surface area (Å²) < 4.78 is 0. The van der Waals surface area contributed by atoms with Crippen molar-refractivity contribution in [3.8, 4) is 0 Å². The molecule has 0 N–H and O–H groups in total. The molecule has 1 aliphatic heterocycles. The first-order chi connectivity index (χ1) is 9.29. The summed E-state index contributed by atoms with van der Waals surface area (Å²) in [5.74, 6) is 2.92. The van der Waals surface area contributed by atoms with Crippen molar-refractivity contribution < 1.29 is 0 Å². The summed E-state index contributed by atoms with van der Waals surface area (Å²) in [5.41, 5.74) is 2.59. The van der Waals surface area contributed by atoms with E-state index in [2.05, 4.69) is 14.9 Å². The second-order valence-electron chi connectivity index (χ2n) is 6.40. The highest BCUT2D eigenvalue weighted by Gasteiger charge is 2.34. The van der Waals surface area contributed by atoms with E-state index in [0.29, 0.717) is 5.28 Å². The number of piperidine rings is 1. The van der Waals surface area contributed by atoms with E-state index in [0.717, 1.165) is 30.5 Å². The standard InChI is InChI=1S/C15H20ClN3/c16-15-17-13-4-2-1-3-12(13)14(18-15)19-8-10-5-6-11(7-10)9-19/h10-11H,1-9H2. The summed E-state index contributed by atoms with van der Waals surface area (Å²) >= 11 is 6.14. The third-order valence-corrected chi connectivity index (χ3v) is 5.21. The molecular weight excluding hydrogens is 258 g/mol. The van der Waals surface area contributed by atoms with Crippen molar-refractivity contribution in [3.63, 3.8) is 0 Å². The molecule has 4 heteroatoms. The van der Waals surface area contributed by atoms with E-state index in [-0.39, 0.29) is 0 Å². The molecule has 0 aromatic carbocycles. The Bertz CT molecular complexity index is 490. The molecule has 3 aliphatic rings. The summed E-state index contributed by atoms with van der Waals surface area (Å²) in [7, 11) is 0. The van der Waals surface area contributed by atoms with E-state index in [1.54, 1.807) is 0 Å². The van der Waals surface area contributed by atoms with Crippen LogP contribution in [0.5, 0.6) is 0 Å². The van der Waals surface area contributed by atoms with Crippen molar-refractivity contribution in [1.82, 2.24) is 9.97 Å². The predicted octanol–water partition coefficient (Wildman–Crippen LogP) is 3.25. The largest absolute Gasteiger partial charge is 0.356 e. The van der Waals surface area contributed by atoms with E-state index in [1.165, 1.54) is 56.5 Å². The fourth-order valence-corrected chi connectivity index (χ4v) is 4.37. The Balaban J connectivity index is 1.72. The zero-order valence-corrected chi connectivity index (χ0v) is 12.0. The topological polar surface area (TPSA) is 29.0 Å². The first kappa shape index (κ1) is 12.0. The fraction of sp³-hybridized carbons (Fsp3) is 0.733. The summed E-state index contributed by atoms with van der Waals surface area (Å²) in [5, 5.41) is 0.438. The van der Waals surface area contributed by atoms with E-state index >= 15 is 0 Å². The molecular formula is C15H20ClN3. The van der Waals surface area contributed by atoms with Crippen molar-refractivity contribution in [3.05, 3.63) is 16.5 Å². The van der Waals surface area contributed by atoms with Gasteiger partial charge in [-0.3, -0.25) is 0 Å². The third kappa shape index (κ3) is 2.12. The monoisotopic (exact) mass is 277 g/mol. The minimum absolute atomic E-state index is 0.438. The first-order valence-electron chi connectivity index (χ1n) is 7.60. The van der Waals surface area contributed by atoms with Crippen LogP contribution in [0.4, 0.5) is 5.82 Å².